The number of carboxylic acid groups (broad SMARTS) is 1. The molecule has 6 nitrogen and oxygen atoms in total. The first-order valence-corrected chi connectivity index (χ1v) is 13.4. The van der Waals surface area contributed by atoms with Gasteiger partial charge in [-0.3, -0.25) is 14.5 Å². The summed E-state index contributed by atoms with van der Waals surface area (Å²) in [6.07, 6.45) is -8.58. The fraction of sp³-hybridized carbons (Fsp3) is 0.154. The minimum Gasteiger partial charge on any atom is -0.478 e. The Hall–Kier alpha value is -3.69. The zero-order valence-corrected chi connectivity index (χ0v) is 22.7. The third-order valence-electron chi connectivity index (χ3n) is 5.68. The molecule has 0 spiro atoms. The molecule has 0 radical (unpaired) electrons. The third kappa shape index (κ3) is 7.34. The summed E-state index contributed by atoms with van der Waals surface area (Å²) in [7, 11) is 0. The molecule has 2 N–H and O–H groups in total. The Labute approximate surface area is 241 Å². The number of carbonyl (C=O) groups excluding carboxylic acids is 2. The Morgan fingerprint density at radius 1 is 0.951 bits per heavy atom. The van der Waals surface area contributed by atoms with E-state index in [1.165, 1.54) is 41.8 Å². The van der Waals surface area contributed by atoms with E-state index < -0.39 is 47.8 Å². The molecular weight excluding hydrogens is 614 g/mol. The second kappa shape index (κ2) is 11.7. The van der Waals surface area contributed by atoms with Crippen LogP contribution in [-0.4, -0.2) is 38.7 Å². The second-order valence-electron chi connectivity index (χ2n) is 8.58. The van der Waals surface area contributed by atoms with Crippen molar-refractivity contribution in [3.05, 3.63) is 85.9 Å². The number of hydrogen-bond acceptors (Lipinski definition) is 6. The molecule has 2 amide bonds. The minimum atomic E-state index is -4.99. The van der Waals surface area contributed by atoms with Crippen molar-refractivity contribution in [3.8, 4) is 11.1 Å². The van der Waals surface area contributed by atoms with Crippen molar-refractivity contribution in [3.63, 3.8) is 0 Å². The van der Waals surface area contributed by atoms with Crippen molar-refractivity contribution in [1.82, 2.24) is 10.2 Å². The molecule has 15 heteroatoms. The monoisotopic (exact) mass is 630 g/mol. The number of thiocarbonyl (C=S) groups is 1. The SMILES string of the molecule is O=C(CN1C(=O)/C(=C/c2cc(-c3cc(C(F)(F)F)cc(C(F)(F)F)c3)cs2)SC1=S)NCc1ccc(C(=O)O)cc1. The average Bonchev–Trinajstić information content (AvgIpc) is 3.46. The fourth-order valence-corrected chi connectivity index (χ4v) is 5.80. The van der Waals surface area contributed by atoms with E-state index in [4.69, 9.17) is 17.3 Å². The molecule has 1 fully saturated rings. The van der Waals surface area contributed by atoms with E-state index in [0.717, 1.165) is 28.0 Å². The van der Waals surface area contributed by atoms with Gasteiger partial charge in [0.1, 0.15) is 10.9 Å². The van der Waals surface area contributed by atoms with E-state index in [9.17, 15) is 40.7 Å². The van der Waals surface area contributed by atoms with Crippen LogP contribution in [0.5, 0.6) is 0 Å². The predicted octanol–water partition coefficient (Wildman–Crippen LogP) is 6.67. The summed E-state index contributed by atoms with van der Waals surface area (Å²) < 4.78 is 79.5. The van der Waals surface area contributed by atoms with Crippen LogP contribution in [0.3, 0.4) is 0 Å². The standard InChI is InChI=1S/C26H16F6N2O4S3/c27-25(28,29)17-5-15(6-18(8-17)26(30,31)32)16-7-19(40-12-16)9-20-22(36)34(24(39)41-20)11-21(35)33-10-13-1-3-14(4-2-13)23(37)38/h1-9,12H,10-11H2,(H,33,35)(H,37,38)/b20-9-. The van der Waals surface area contributed by atoms with Crippen LogP contribution in [0, 0.1) is 0 Å². The van der Waals surface area contributed by atoms with Gasteiger partial charge in [0, 0.05) is 11.4 Å². The topological polar surface area (TPSA) is 86.7 Å². The summed E-state index contributed by atoms with van der Waals surface area (Å²) in [6.45, 7) is -0.317. The number of aromatic carboxylic acids is 1. The van der Waals surface area contributed by atoms with Gasteiger partial charge in [-0.2, -0.15) is 26.3 Å². The van der Waals surface area contributed by atoms with Gasteiger partial charge in [-0.1, -0.05) is 36.1 Å². The van der Waals surface area contributed by atoms with E-state index >= 15 is 0 Å². The van der Waals surface area contributed by atoms with Crippen molar-refractivity contribution in [2.45, 2.75) is 18.9 Å². The first kappa shape index (κ1) is 30.3. The van der Waals surface area contributed by atoms with E-state index in [0.29, 0.717) is 22.6 Å². The van der Waals surface area contributed by atoms with Crippen molar-refractivity contribution >= 4 is 63.5 Å². The summed E-state index contributed by atoms with van der Waals surface area (Å²) in [5.74, 6) is -2.21. The van der Waals surface area contributed by atoms with Crippen LogP contribution in [0.2, 0.25) is 0 Å². The molecule has 0 unspecified atom stereocenters. The summed E-state index contributed by atoms with van der Waals surface area (Å²) in [4.78, 5) is 37.8. The van der Waals surface area contributed by atoms with Gasteiger partial charge in [0.25, 0.3) is 5.91 Å². The Morgan fingerprint density at radius 2 is 1.56 bits per heavy atom. The number of alkyl halides is 6. The Kier molecular flexibility index (Phi) is 8.61. The number of benzene rings is 2. The Balaban J connectivity index is 1.46. The van der Waals surface area contributed by atoms with Gasteiger partial charge in [-0.05, 0) is 64.5 Å². The smallest absolute Gasteiger partial charge is 0.416 e. The number of thioether (sulfide) groups is 1. The maximum atomic E-state index is 13.2. The Bertz CT molecular complexity index is 1530. The maximum Gasteiger partial charge on any atom is 0.416 e. The van der Waals surface area contributed by atoms with Crippen LogP contribution in [0.25, 0.3) is 17.2 Å². The maximum absolute atomic E-state index is 13.2. The molecule has 4 rings (SSSR count). The van der Waals surface area contributed by atoms with Crippen LogP contribution in [-0.2, 0) is 28.5 Å². The number of halogens is 6. The second-order valence-corrected chi connectivity index (χ2v) is 11.2. The molecule has 1 aliphatic heterocycles. The van der Waals surface area contributed by atoms with E-state index in [2.05, 4.69) is 5.32 Å². The van der Waals surface area contributed by atoms with Crippen LogP contribution in [0.15, 0.2) is 58.8 Å². The molecule has 1 saturated heterocycles. The normalized spacial score (nSPS) is 15.1. The zero-order valence-electron chi connectivity index (χ0n) is 20.3. The highest BCUT2D eigenvalue weighted by Gasteiger charge is 2.37. The highest BCUT2D eigenvalue weighted by Crippen LogP contribution is 2.40. The summed E-state index contributed by atoms with van der Waals surface area (Å²) in [6, 6.07) is 8.49. The number of nitrogens with zero attached hydrogens (tertiary/aromatic N) is 1. The van der Waals surface area contributed by atoms with Gasteiger partial charge >= 0.3 is 18.3 Å². The third-order valence-corrected chi connectivity index (χ3v) is 7.94. The minimum absolute atomic E-state index is 0.0489. The molecule has 1 aromatic heterocycles. The van der Waals surface area contributed by atoms with Gasteiger partial charge in [-0.25, -0.2) is 4.79 Å². The molecule has 1 aliphatic rings. The summed E-state index contributed by atoms with van der Waals surface area (Å²) >= 11 is 7.11. The number of nitrogens with one attached hydrogen (secondary N) is 1. The predicted molar refractivity (Wildman–Crippen MR) is 145 cm³/mol. The zero-order chi connectivity index (χ0) is 30.1. The van der Waals surface area contributed by atoms with Crippen molar-refractivity contribution in [2.24, 2.45) is 0 Å². The number of thiophene rings is 1. The van der Waals surface area contributed by atoms with Crippen LogP contribution in [0.1, 0.15) is 31.9 Å². The van der Waals surface area contributed by atoms with E-state index in [1.54, 1.807) is 0 Å². The van der Waals surface area contributed by atoms with Gasteiger partial charge in [0.15, 0.2) is 0 Å². The van der Waals surface area contributed by atoms with Gasteiger partial charge < -0.3 is 10.4 Å². The number of carboxylic acids is 1. The highest BCUT2D eigenvalue weighted by atomic mass is 32.2. The van der Waals surface area contributed by atoms with Crippen molar-refractivity contribution < 1.29 is 45.8 Å². The molecule has 214 valence electrons. The molecule has 41 heavy (non-hydrogen) atoms. The molecular formula is C26H16F6N2O4S3. The molecule has 0 bridgehead atoms. The van der Waals surface area contributed by atoms with E-state index in [-0.39, 0.29) is 38.5 Å². The largest absolute Gasteiger partial charge is 0.478 e. The number of amides is 2. The van der Waals surface area contributed by atoms with Gasteiger partial charge in [0.2, 0.25) is 5.91 Å². The molecule has 2 heterocycles. The number of hydrogen-bond donors (Lipinski definition) is 2. The first-order chi connectivity index (χ1) is 19.1. The van der Waals surface area contributed by atoms with Crippen LogP contribution in [0.4, 0.5) is 26.3 Å². The molecule has 0 saturated carbocycles. The molecule has 0 atom stereocenters. The number of rotatable bonds is 7. The molecule has 2 aromatic carbocycles. The lowest BCUT2D eigenvalue weighted by Crippen LogP contribution is -2.39. The lowest BCUT2D eigenvalue weighted by molar-refractivity contribution is -0.143. The first-order valence-electron chi connectivity index (χ1n) is 11.3. The van der Waals surface area contributed by atoms with Crippen LogP contribution < -0.4 is 5.32 Å². The lowest BCUT2D eigenvalue weighted by atomic mass is 10.0. The van der Waals surface area contributed by atoms with E-state index in [1.807, 2.05) is 0 Å². The number of carbonyl (C=O) groups is 3. The van der Waals surface area contributed by atoms with Gasteiger partial charge in [0.05, 0.1) is 21.6 Å². The Morgan fingerprint density at radius 3 is 2.12 bits per heavy atom. The van der Waals surface area contributed by atoms with Crippen molar-refractivity contribution in [1.29, 1.82) is 0 Å². The van der Waals surface area contributed by atoms with Crippen molar-refractivity contribution in [2.75, 3.05) is 6.54 Å². The average molecular weight is 631 g/mol. The fourth-order valence-electron chi connectivity index (χ4n) is 3.63. The van der Waals surface area contributed by atoms with Crippen LogP contribution >= 0.6 is 35.3 Å². The quantitative estimate of drug-likeness (QED) is 0.172. The summed E-state index contributed by atoms with van der Waals surface area (Å²) in [5.41, 5.74) is -2.35. The van der Waals surface area contributed by atoms with Gasteiger partial charge in [-0.15, -0.1) is 11.3 Å². The molecule has 3 aromatic rings. The molecule has 0 aliphatic carbocycles. The summed E-state index contributed by atoms with van der Waals surface area (Å²) in [5, 5.41) is 12.9. The lowest BCUT2D eigenvalue weighted by Gasteiger charge is -2.14. The highest BCUT2D eigenvalue weighted by molar-refractivity contribution is 8.26.